The van der Waals surface area contributed by atoms with Crippen LogP contribution in [0.5, 0.6) is 11.5 Å². The Balaban J connectivity index is 2.45. The lowest BCUT2D eigenvalue weighted by Crippen LogP contribution is -2.01. The van der Waals surface area contributed by atoms with Crippen molar-refractivity contribution in [2.24, 2.45) is 4.99 Å². The van der Waals surface area contributed by atoms with Crippen molar-refractivity contribution in [3.8, 4) is 11.5 Å². The van der Waals surface area contributed by atoms with Crippen LogP contribution in [0.2, 0.25) is 0 Å². The van der Waals surface area contributed by atoms with Crippen molar-refractivity contribution in [3.63, 3.8) is 0 Å². The van der Waals surface area contributed by atoms with Crippen LogP contribution in [0.25, 0.3) is 0 Å². The molecule has 1 aliphatic rings. The third-order valence-corrected chi connectivity index (χ3v) is 2.59. The summed E-state index contributed by atoms with van der Waals surface area (Å²) in [5.74, 6) is 1.56. The summed E-state index contributed by atoms with van der Waals surface area (Å²) in [4.78, 5) is 4.47. The summed E-state index contributed by atoms with van der Waals surface area (Å²) < 4.78 is 10.6. The fraction of sp³-hybridized carbons (Fsp3) is 0.417. The zero-order chi connectivity index (χ0) is 10.7. The van der Waals surface area contributed by atoms with Gasteiger partial charge in [0.15, 0.2) is 11.5 Å². The Morgan fingerprint density at radius 3 is 2.67 bits per heavy atom. The van der Waals surface area contributed by atoms with Crippen LogP contribution in [-0.2, 0) is 0 Å². The van der Waals surface area contributed by atoms with Gasteiger partial charge in [0.1, 0.15) is 0 Å². The van der Waals surface area contributed by atoms with Gasteiger partial charge in [-0.15, -0.1) is 0 Å². The minimum absolute atomic E-state index is 0.768. The molecule has 0 atom stereocenters. The molecule has 80 valence electrons. The van der Waals surface area contributed by atoms with Crippen LogP contribution >= 0.6 is 0 Å². The predicted molar refractivity (Wildman–Crippen MR) is 60.2 cm³/mol. The van der Waals surface area contributed by atoms with E-state index in [9.17, 15) is 0 Å². The summed E-state index contributed by atoms with van der Waals surface area (Å²) >= 11 is 0. The van der Waals surface area contributed by atoms with E-state index in [1.165, 1.54) is 0 Å². The Hall–Kier alpha value is -1.51. The monoisotopic (exact) mass is 205 g/mol. The fourth-order valence-corrected chi connectivity index (χ4v) is 1.87. The van der Waals surface area contributed by atoms with Gasteiger partial charge in [-0.1, -0.05) is 6.07 Å². The molecule has 0 aliphatic carbocycles. The summed E-state index contributed by atoms with van der Waals surface area (Å²) in [5, 5.41) is 0. The van der Waals surface area contributed by atoms with Crippen LogP contribution in [-0.4, -0.2) is 26.5 Å². The van der Waals surface area contributed by atoms with Crippen LogP contribution in [0.1, 0.15) is 18.4 Å². The molecule has 2 rings (SSSR count). The van der Waals surface area contributed by atoms with Crippen LogP contribution in [0.4, 0.5) is 0 Å². The van der Waals surface area contributed by atoms with Gasteiger partial charge in [0.25, 0.3) is 0 Å². The van der Waals surface area contributed by atoms with Gasteiger partial charge in [-0.05, 0) is 25.0 Å². The van der Waals surface area contributed by atoms with Crippen LogP contribution in [0.3, 0.4) is 0 Å². The van der Waals surface area contributed by atoms with Crippen molar-refractivity contribution in [2.45, 2.75) is 12.8 Å². The lowest BCUT2D eigenvalue weighted by Gasteiger charge is -2.12. The third-order valence-electron chi connectivity index (χ3n) is 2.59. The summed E-state index contributed by atoms with van der Waals surface area (Å²) in [7, 11) is 3.31. The highest BCUT2D eigenvalue weighted by Crippen LogP contribution is 2.32. The second-order valence-electron chi connectivity index (χ2n) is 3.47. The van der Waals surface area contributed by atoms with Crippen molar-refractivity contribution in [1.82, 2.24) is 0 Å². The van der Waals surface area contributed by atoms with E-state index in [0.717, 1.165) is 42.2 Å². The van der Waals surface area contributed by atoms with Gasteiger partial charge < -0.3 is 9.47 Å². The summed E-state index contributed by atoms with van der Waals surface area (Å²) in [6, 6.07) is 5.90. The number of hydrogen-bond acceptors (Lipinski definition) is 3. The Bertz CT molecular complexity index is 385. The van der Waals surface area contributed by atoms with Gasteiger partial charge >= 0.3 is 0 Å². The molecule has 1 aromatic carbocycles. The quantitative estimate of drug-likeness (QED) is 0.758. The van der Waals surface area contributed by atoms with Gasteiger partial charge in [-0.2, -0.15) is 0 Å². The molecule has 0 radical (unpaired) electrons. The predicted octanol–water partition coefficient (Wildman–Crippen LogP) is 2.29. The van der Waals surface area contributed by atoms with E-state index < -0.39 is 0 Å². The maximum Gasteiger partial charge on any atom is 0.169 e. The molecule has 1 aliphatic heterocycles. The minimum Gasteiger partial charge on any atom is -0.493 e. The third kappa shape index (κ3) is 1.82. The first-order valence-electron chi connectivity index (χ1n) is 5.11. The average Bonchev–Trinajstić information content (AvgIpc) is 2.81. The highest BCUT2D eigenvalue weighted by Gasteiger charge is 2.16. The zero-order valence-electron chi connectivity index (χ0n) is 9.12. The highest BCUT2D eigenvalue weighted by molar-refractivity contribution is 6.04. The number of ether oxygens (including phenoxy) is 2. The van der Waals surface area contributed by atoms with Gasteiger partial charge in [-0.25, -0.2) is 0 Å². The molecule has 0 saturated heterocycles. The largest absolute Gasteiger partial charge is 0.493 e. The van der Waals surface area contributed by atoms with Gasteiger partial charge in [-0.3, -0.25) is 4.99 Å². The summed E-state index contributed by atoms with van der Waals surface area (Å²) in [5.41, 5.74) is 2.19. The zero-order valence-corrected chi connectivity index (χ0v) is 9.12. The van der Waals surface area contributed by atoms with Gasteiger partial charge in [0, 0.05) is 17.8 Å². The molecule has 0 N–H and O–H groups in total. The number of nitrogens with zero attached hydrogens (tertiary/aromatic N) is 1. The number of para-hydroxylation sites is 1. The molecule has 15 heavy (non-hydrogen) atoms. The number of aliphatic imine (C=N–C) groups is 1. The number of benzene rings is 1. The first kappa shape index (κ1) is 10.0. The summed E-state index contributed by atoms with van der Waals surface area (Å²) in [6.07, 6.45) is 2.17. The van der Waals surface area contributed by atoms with Crippen LogP contribution in [0.15, 0.2) is 23.2 Å². The van der Waals surface area contributed by atoms with Crippen LogP contribution in [0, 0.1) is 0 Å². The summed E-state index contributed by atoms with van der Waals surface area (Å²) in [6.45, 7) is 0.926. The minimum atomic E-state index is 0.768. The van der Waals surface area contributed by atoms with Crippen molar-refractivity contribution in [1.29, 1.82) is 0 Å². The molecule has 0 amide bonds. The topological polar surface area (TPSA) is 30.8 Å². The van der Waals surface area contributed by atoms with Crippen LogP contribution < -0.4 is 9.47 Å². The normalized spacial score (nSPS) is 14.9. The van der Waals surface area contributed by atoms with Crippen molar-refractivity contribution >= 4 is 5.71 Å². The first-order chi connectivity index (χ1) is 7.36. The van der Waals surface area contributed by atoms with E-state index in [-0.39, 0.29) is 0 Å². The lowest BCUT2D eigenvalue weighted by molar-refractivity contribution is 0.354. The molecular formula is C12H15NO2. The van der Waals surface area contributed by atoms with E-state index in [2.05, 4.69) is 4.99 Å². The van der Waals surface area contributed by atoms with E-state index >= 15 is 0 Å². The van der Waals surface area contributed by atoms with Gasteiger partial charge in [0.2, 0.25) is 0 Å². The lowest BCUT2D eigenvalue weighted by atomic mass is 10.1. The second-order valence-corrected chi connectivity index (χ2v) is 3.47. The first-order valence-corrected chi connectivity index (χ1v) is 5.11. The molecule has 3 nitrogen and oxygen atoms in total. The van der Waals surface area contributed by atoms with Gasteiger partial charge in [0.05, 0.1) is 14.2 Å². The average molecular weight is 205 g/mol. The van der Waals surface area contributed by atoms with E-state index in [4.69, 9.17) is 9.47 Å². The smallest absolute Gasteiger partial charge is 0.169 e. The second kappa shape index (κ2) is 4.34. The number of hydrogen-bond donors (Lipinski definition) is 0. The molecular weight excluding hydrogens is 190 g/mol. The number of methoxy groups -OCH3 is 2. The maximum absolute atomic E-state index is 5.37. The Morgan fingerprint density at radius 1 is 1.20 bits per heavy atom. The SMILES string of the molecule is COc1cccc(C2=NCCC2)c1OC. The van der Waals surface area contributed by atoms with Crippen molar-refractivity contribution < 1.29 is 9.47 Å². The molecule has 0 fully saturated rings. The Kier molecular flexibility index (Phi) is 2.90. The fourth-order valence-electron chi connectivity index (χ4n) is 1.87. The molecule has 0 unspecified atom stereocenters. The Labute approximate surface area is 89.7 Å². The molecule has 0 aromatic heterocycles. The van der Waals surface area contributed by atoms with E-state index in [0.29, 0.717) is 0 Å². The number of rotatable bonds is 3. The van der Waals surface area contributed by atoms with E-state index in [1.807, 2.05) is 18.2 Å². The Morgan fingerprint density at radius 2 is 2.07 bits per heavy atom. The highest BCUT2D eigenvalue weighted by atomic mass is 16.5. The molecule has 0 bridgehead atoms. The molecule has 0 spiro atoms. The van der Waals surface area contributed by atoms with Crippen molar-refractivity contribution in [3.05, 3.63) is 23.8 Å². The van der Waals surface area contributed by atoms with E-state index in [1.54, 1.807) is 14.2 Å². The molecule has 3 heteroatoms. The molecule has 0 saturated carbocycles. The standard InChI is InChI=1S/C12H15NO2/c1-14-11-7-3-5-9(12(11)15-2)10-6-4-8-13-10/h3,5,7H,4,6,8H2,1-2H3. The maximum atomic E-state index is 5.37. The van der Waals surface area contributed by atoms with Crippen molar-refractivity contribution in [2.75, 3.05) is 20.8 Å². The molecule has 1 heterocycles. The molecule has 1 aromatic rings.